The second kappa shape index (κ2) is 7.24. The van der Waals surface area contributed by atoms with E-state index in [1.54, 1.807) is 18.3 Å². The van der Waals surface area contributed by atoms with Crippen LogP contribution in [0.15, 0.2) is 67.0 Å². The second-order valence-corrected chi connectivity index (χ2v) is 7.17. The minimum absolute atomic E-state index is 0.174. The molecular weight excluding hydrogens is 397 g/mol. The van der Waals surface area contributed by atoms with Crippen LogP contribution in [0, 0.1) is 6.08 Å². The standard InChI is InChI=1S/C23H16FN5O2/c1-13(16-8-9-18-17(11-16)3-2-10-25-18)29-21-20(28-23(29)24)26-12-19(27-21)14-4-6-15(7-5-14)22(30)31/h2-13H,1H3,(H,30,31). The lowest BCUT2D eigenvalue weighted by Gasteiger charge is -2.15. The van der Waals surface area contributed by atoms with Gasteiger partial charge in [0.05, 0.1) is 29.0 Å². The van der Waals surface area contributed by atoms with E-state index in [4.69, 9.17) is 5.11 Å². The molecule has 8 heteroatoms. The van der Waals surface area contributed by atoms with Gasteiger partial charge in [0.25, 0.3) is 6.08 Å². The molecule has 7 nitrogen and oxygen atoms in total. The van der Waals surface area contributed by atoms with Crippen molar-refractivity contribution in [2.75, 3.05) is 0 Å². The van der Waals surface area contributed by atoms with E-state index in [9.17, 15) is 9.18 Å². The second-order valence-electron chi connectivity index (χ2n) is 7.17. The van der Waals surface area contributed by atoms with Crippen LogP contribution >= 0.6 is 0 Å². The number of halogens is 1. The van der Waals surface area contributed by atoms with Crippen LogP contribution in [0.5, 0.6) is 0 Å². The molecule has 0 saturated carbocycles. The number of hydrogen-bond acceptors (Lipinski definition) is 5. The number of aromatic carboxylic acids is 1. The largest absolute Gasteiger partial charge is 0.478 e. The lowest BCUT2D eigenvalue weighted by Crippen LogP contribution is -2.10. The van der Waals surface area contributed by atoms with Crippen LogP contribution in [0.2, 0.25) is 0 Å². The van der Waals surface area contributed by atoms with Crippen molar-refractivity contribution >= 4 is 28.2 Å². The molecule has 0 amide bonds. The van der Waals surface area contributed by atoms with Crippen LogP contribution in [0.1, 0.15) is 28.9 Å². The SMILES string of the molecule is CC(c1ccc2ncccc2c1)n1c(F)nc2ncc(-c3ccc(C(=O)O)cc3)nc21. The Kier molecular flexibility index (Phi) is 4.39. The van der Waals surface area contributed by atoms with E-state index in [1.807, 2.05) is 37.3 Å². The Hall–Kier alpha value is -4.20. The van der Waals surface area contributed by atoms with Gasteiger partial charge in [0.2, 0.25) is 0 Å². The fraction of sp³-hybridized carbons (Fsp3) is 0.0870. The van der Waals surface area contributed by atoms with Crippen LogP contribution in [-0.2, 0) is 0 Å². The van der Waals surface area contributed by atoms with Gasteiger partial charge in [-0.1, -0.05) is 24.3 Å². The quantitative estimate of drug-likeness (QED) is 0.467. The zero-order valence-corrected chi connectivity index (χ0v) is 16.4. The van der Waals surface area contributed by atoms with Gasteiger partial charge in [-0.2, -0.15) is 9.37 Å². The number of carbonyl (C=O) groups is 1. The molecule has 0 bridgehead atoms. The molecule has 5 rings (SSSR count). The Labute approximate surface area is 175 Å². The maximum absolute atomic E-state index is 14.8. The summed E-state index contributed by atoms with van der Waals surface area (Å²) < 4.78 is 16.2. The average molecular weight is 413 g/mol. The maximum atomic E-state index is 14.8. The van der Waals surface area contributed by atoms with Crippen molar-refractivity contribution in [3.8, 4) is 11.3 Å². The predicted molar refractivity (Wildman–Crippen MR) is 113 cm³/mol. The number of benzene rings is 2. The molecule has 0 fully saturated rings. The van der Waals surface area contributed by atoms with Crippen molar-refractivity contribution < 1.29 is 14.3 Å². The van der Waals surface area contributed by atoms with Gasteiger partial charge in [0.1, 0.15) is 0 Å². The number of rotatable bonds is 4. The van der Waals surface area contributed by atoms with Crippen molar-refractivity contribution in [3.05, 3.63) is 84.2 Å². The maximum Gasteiger partial charge on any atom is 0.335 e. The molecule has 0 aliphatic heterocycles. The number of carboxylic acids is 1. The highest BCUT2D eigenvalue weighted by Gasteiger charge is 2.20. The smallest absolute Gasteiger partial charge is 0.335 e. The minimum Gasteiger partial charge on any atom is -0.478 e. The molecule has 3 heterocycles. The van der Waals surface area contributed by atoms with Gasteiger partial charge < -0.3 is 5.11 Å². The Morgan fingerprint density at radius 1 is 1.06 bits per heavy atom. The van der Waals surface area contributed by atoms with Crippen LogP contribution in [0.25, 0.3) is 33.5 Å². The number of pyridine rings is 1. The third-order valence-electron chi connectivity index (χ3n) is 5.28. The van der Waals surface area contributed by atoms with Crippen molar-refractivity contribution in [2.24, 2.45) is 0 Å². The Morgan fingerprint density at radius 3 is 2.65 bits per heavy atom. The first-order valence-corrected chi connectivity index (χ1v) is 9.60. The van der Waals surface area contributed by atoms with E-state index >= 15 is 0 Å². The molecule has 5 aromatic rings. The first-order valence-electron chi connectivity index (χ1n) is 9.60. The summed E-state index contributed by atoms with van der Waals surface area (Å²) in [5, 5.41) is 10.0. The molecule has 3 aromatic heterocycles. The van der Waals surface area contributed by atoms with Crippen molar-refractivity contribution in [2.45, 2.75) is 13.0 Å². The van der Waals surface area contributed by atoms with Crippen molar-refractivity contribution in [1.29, 1.82) is 0 Å². The summed E-state index contributed by atoms with van der Waals surface area (Å²) in [7, 11) is 0. The summed E-state index contributed by atoms with van der Waals surface area (Å²) in [5.74, 6) is -1.01. The first kappa shape index (κ1) is 18.8. The normalized spacial score (nSPS) is 12.3. The molecule has 0 aliphatic carbocycles. The molecular formula is C23H16FN5O2. The first-order chi connectivity index (χ1) is 15.0. The van der Waals surface area contributed by atoms with E-state index in [0.717, 1.165) is 16.5 Å². The van der Waals surface area contributed by atoms with Gasteiger partial charge >= 0.3 is 5.97 Å². The average Bonchev–Trinajstić information content (AvgIpc) is 3.13. The number of nitrogens with zero attached hydrogens (tertiary/aromatic N) is 5. The fourth-order valence-electron chi connectivity index (χ4n) is 3.61. The van der Waals surface area contributed by atoms with Gasteiger partial charge in [-0.25, -0.2) is 14.8 Å². The van der Waals surface area contributed by atoms with Crippen LogP contribution in [0.4, 0.5) is 4.39 Å². The molecule has 0 spiro atoms. The topological polar surface area (TPSA) is 93.8 Å². The fourth-order valence-corrected chi connectivity index (χ4v) is 3.61. The number of carboxylic acid groups (broad SMARTS) is 1. The van der Waals surface area contributed by atoms with E-state index in [2.05, 4.69) is 19.9 Å². The van der Waals surface area contributed by atoms with Crippen molar-refractivity contribution in [1.82, 2.24) is 24.5 Å². The molecule has 0 aliphatic rings. The molecule has 31 heavy (non-hydrogen) atoms. The van der Waals surface area contributed by atoms with E-state index in [0.29, 0.717) is 16.9 Å². The third-order valence-corrected chi connectivity index (χ3v) is 5.28. The zero-order valence-electron chi connectivity index (χ0n) is 16.4. The van der Waals surface area contributed by atoms with Crippen LogP contribution in [0.3, 0.4) is 0 Å². The number of hydrogen-bond donors (Lipinski definition) is 1. The number of imidazole rings is 1. The lowest BCUT2D eigenvalue weighted by molar-refractivity contribution is 0.0697. The summed E-state index contributed by atoms with van der Waals surface area (Å²) in [6.07, 6.45) is 2.56. The highest BCUT2D eigenvalue weighted by Crippen LogP contribution is 2.27. The molecule has 0 radical (unpaired) electrons. The van der Waals surface area contributed by atoms with Crippen LogP contribution < -0.4 is 0 Å². The summed E-state index contributed by atoms with van der Waals surface area (Å²) in [6, 6.07) is 15.5. The number of fused-ring (bicyclic) bond motifs is 2. The molecule has 1 unspecified atom stereocenters. The Bertz CT molecular complexity index is 1450. The predicted octanol–water partition coefficient (Wildman–Crippen LogP) is 4.49. The highest BCUT2D eigenvalue weighted by atomic mass is 19.1. The van der Waals surface area contributed by atoms with E-state index in [1.165, 1.54) is 22.9 Å². The molecule has 152 valence electrons. The van der Waals surface area contributed by atoms with E-state index in [-0.39, 0.29) is 17.3 Å². The van der Waals surface area contributed by atoms with Gasteiger partial charge in [-0.3, -0.25) is 9.55 Å². The van der Waals surface area contributed by atoms with Crippen molar-refractivity contribution in [3.63, 3.8) is 0 Å². The number of aromatic nitrogens is 5. The Balaban J connectivity index is 1.59. The summed E-state index contributed by atoms with van der Waals surface area (Å²) in [5.41, 5.74) is 3.62. The molecule has 2 aromatic carbocycles. The third kappa shape index (κ3) is 3.28. The lowest BCUT2D eigenvalue weighted by atomic mass is 10.1. The molecule has 1 N–H and O–H groups in total. The molecule has 1 atom stereocenters. The monoisotopic (exact) mass is 413 g/mol. The van der Waals surface area contributed by atoms with Crippen LogP contribution in [-0.4, -0.2) is 35.6 Å². The zero-order chi connectivity index (χ0) is 21.5. The van der Waals surface area contributed by atoms with Gasteiger partial charge in [0.15, 0.2) is 11.3 Å². The molecule has 0 saturated heterocycles. The van der Waals surface area contributed by atoms with Gasteiger partial charge in [-0.15, -0.1) is 0 Å². The summed E-state index contributed by atoms with van der Waals surface area (Å²) in [6.45, 7) is 1.87. The summed E-state index contributed by atoms with van der Waals surface area (Å²) >= 11 is 0. The minimum atomic E-state index is -1.01. The van der Waals surface area contributed by atoms with E-state index < -0.39 is 12.0 Å². The Morgan fingerprint density at radius 2 is 1.87 bits per heavy atom. The van der Waals surface area contributed by atoms with Gasteiger partial charge in [0, 0.05) is 17.1 Å². The highest BCUT2D eigenvalue weighted by molar-refractivity contribution is 5.88. The van der Waals surface area contributed by atoms with Gasteiger partial charge in [-0.05, 0) is 42.8 Å². The summed E-state index contributed by atoms with van der Waals surface area (Å²) in [4.78, 5) is 28.2.